The molecule has 0 aliphatic carbocycles. The first-order valence-corrected chi connectivity index (χ1v) is 6.02. The summed E-state index contributed by atoms with van der Waals surface area (Å²) in [6.45, 7) is 0.129. The number of aromatic amines is 1. The van der Waals surface area contributed by atoms with Gasteiger partial charge in [-0.1, -0.05) is 11.6 Å². The van der Waals surface area contributed by atoms with Crippen molar-refractivity contribution in [2.45, 2.75) is 6.54 Å². The average Bonchev–Trinajstić information content (AvgIpc) is 2.72. The second-order valence-corrected chi connectivity index (χ2v) is 4.44. The second kappa shape index (κ2) is 5.32. The molecule has 0 atom stereocenters. The number of amides is 1. The van der Waals surface area contributed by atoms with Crippen molar-refractivity contribution in [3.63, 3.8) is 0 Å². The SMILES string of the molecule is CNC(=O)Cn1c(-c2ccc(Cl)cc2)n[nH]c1=S. The van der Waals surface area contributed by atoms with Gasteiger partial charge in [0.1, 0.15) is 6.54 Å². The highest BCUT2D eigenvalue weighted by Gasteiger charge is 2.11. The molecule has 0 spiro atoms. The van der Waals surface area contributed by atoms with Crippen molar-refractivity contribution in [1.82, 2.24) is 20.1 Å². The number of carbonyl (C=O) groups excluding carboxylic acids is 1. The number of H-pyrrole nitrogens is 1. The smallest absolute Gasteiger partial charge is 0.239 e. The van der Waals surface area contributed by atoms with Gasteiger partial charge in [-0.2, -0.15) is 5.10 Å². The van der Waals surface area contributed by atoms with E-state index in [-0.39, 0.29) is 12.5 Å². The number of aromatic nitrogens is 3. The minimum atomic E-state index is -0.136. The zero-order valence-corrected chi connectivity index (χ0v) is 11.2. The van der Waals surface area contributed by atoms with Crippen LogP contribution in [-0.2, 0) is 11.3 Å². The molecule has 1 aromatic carbocycles. The number of likely N-dealkylation sites (N-methyl/N-ethyl adjacent to an activating group) is 1. The molecule has 0 saturated carbocycles. The summed E-state index contributed by atoms with van der Waals surface area (Å²) in [5.41, 5.74) is 0.843. The fraction of sp³-hybridized carbons (Fsp3) is 0.182. The third-order valence-corrected chi connectivity index (χ3v) is 3.00. The molecule has 94 valence electrons. The fourth-order valence-corrected chi connectivity index (χ4v) is 1.83. The van der Waals surface area contributed by atoms with Gasteiger partial charge in [-0.25, -0.2) is 0 Å². The Morgan fingerprint density at radius 1 is 1.50 bits per heavy atom. The number of carbonyl (C=O) groups is 1. The van der Waals surface area contributed by atoms with Gasteiger partial charge in [0.2, 0.25) is 5.91 Å². The van der Waals surface area contributed by atoms with Gasteiger partial charge in [0.05, 0.1) is 0 Å². The van der Waals surface area contributed by atoms with E-state index in [1.807, 2.05) is 12.1 Å². The molecule has 0 fully saturated rings. The standard InChI is InChI=1S/C11H11ClN4OS/c1-13-9(17)6-16-10(14-15-11(16)18)7-2-4-8(12)5-3-7/h2-5H,6H2,1H3,(H,13,17)(H,15,18). The Hall–Kier alpha value is -1.66. The molecule has 2 aromatic rings. The molecule has 0 aliphatic heterocycles. The Kier molecular flexibility index (Phi) is 3.78. The fourth-order valence-electron chi connectivity index (χ4n) is 1.51. The third-order valence-electron chi connectivity index (χ3n) is 2.44. The first-order chi connectivity index (χ1) is 8.61. The van der Waals surface area contributed by atoms with Gasteiger partial charge in [0.25, 0.3) is 0 Å². The molecule has 0 radical (unpaired) electrons. The van der Waals surface area contributed by atoms with Crippen LogP contribution >= 0.6 is 23.8 Å². The molecule has 1 heterocycles. The summed E-state index contributed by atoms with van der Waals surface area (Å²) in [4.78, 5) is 11.4. The normalized spacial score (nSPS) is 10.3. The van der Waals surface area contributed by atoms with Gasteiger partial charge >= 0.3 is 0 Å². The zero-order valence-electron chi connectivity index (χ0n) is 9.61. The zero-order chi connectivity index (χ0) is 13.1. The summed E-state index contributed by atoms with van der Waals surface area (Å²) in [6.07, 6.45) is 0. The molecule has 1 amide bonds. The number of rotatable bonds is 3. The number of benzene rings is 1. The molecule has 0 unspecified atom stereocenters. The van der Waals surface area contributed by atoms with Crippen LogP contribution in [0.2, 0.25) is 5.02 Å². The van der Waals surface area contributed by atoms with E-state index in [2.05, 4.69) is 15.5 Å². The van der Waals surface area contributed by atoms with Gasteiger partial charge in [0, 0.05) is 17.6 Å². The van der Waals surface area contributed by atoms with E-state index in [1.54, 1.807) is 23.7 Å². The van der Waals surface area contributed by atoms with Crippen molar-refractivity contribution in [3.05, 3.63) is 34.1 Å². The van der Waals surface area contributed by atoms with Gasteiger partial charge in [-0.3, -0.25) is 14.5 Å². The maximum Gasteiger partial charge on any atom is 0.239 e. The van der Waals surface area contributed by atoms with Gasteiger partial charge in [0.15, 0.2) is 10.6 Å². The van der Waals surface area contributed by atoms with Crippen LogP contribution in [0, 0.1) is 4.77 Å². The molecule has 7 heteroatoms. The van der Waals surface area contributed by atoms with Crippen molar-refractivity contribution < 1.29 is 4.79 Å². The molecular formula is C11H11ClN4OS. The van der Waals surface area contributed by atoms with Crippen LogP contribution in [0.5, 0.6) is 0 Å². The molecule has 5 nitrogen and oxygen atoms in total. The quantitative estimate of drug-likeness (QED) is 0.847. The summed E-state index contributed by atoms with van der Waals surface area (Å²) < 4.78 is 2.04. The van der Waals surface area contributed by atoms with Crippen molar-refractivity contribution >= 4 is 29.7 Å². The molecule has 0 aliphatic rings. The highest BCUT2D eigenvalue weighted by Crippen LogP contribution is 2.19. The lowest BCUT2D eigenvalue weighted by Crippen LogP contribution is -2.23. The first-order valence-electron chi connectivity index (χ1n) is 5.23. The van der Waals surface area contributed by atoms with E-state index in [9.17, 15) is 4.79 Å². The van der Waals surface area contributed by atoms with Crippen LogP contribution in [0.25, 0.3) is 11.4 Å². The number of nitrogens with one attached hydrogen (secondary N) is 2. The molecule has 1 aromatic heterocycles. The highest BCUT2D eigenvalue weighted by atomic mass is 35.5. The molecular weight excluding hydrogens is 272 g/mol. The first kappa shape index (κ1) is 12.8. The van der Waals surface area contributed by atoms with Crippen LogP contribution in [0.3, 0.4) is 0 Å². The lowest BCUT2D eigenvalue weighted by atomic mass is 10.2. The van der Waals surface area contributed by atoms with Crippen molar-refractivity contribution in [2.24, 2.45) is 0 Å². The van der Waals surface area contributed by atoms with Gasteiger partial charge < -0.3 is 5.32 Å². The Bertz CT molecular complexity index is 617. The summed E-state index contributed by atoms with van der Waals surface area (Å²) in [5, 5.41) is 10.0. The highest BCUT2D eigenvalue weighted by molar-refractivity contribution is 7.71. The monoisotopic (exact) mass is 282 g/mol. The van der Waals surface area contributed by atoms with E-state index in [0.29, 0.717) is 15.6 Å². The van der Waals surface area contributed by atoms with E-state index in [4.69, 9.17) is 23.8 Å². The van der Waals surface area contributed by atoms with Crippen LogP contribution < -0.4 is 5.32 Å². The largest absolute Gasteiger partial charge is 0.358 e. The number of halogens is 1. The number of nitrogens with zero attached hydrogens (tertiary/aromatic N) is 2. The lowest BCUT2D eigenvalue weighted by molar-refractivity contribution is -0.121. The molecule has 0 bridgehead atoms. The predicted molar refractivity (Wildman–Crippen MR) is 71.9 cm³/mol. The Morgan fingerprint density at radius 2 is 2.17 bits per heavy atom. The maximum absolute atomic E-state index is 11.4. The van der Waals surface area contributed by atoms with E-state index < -0.39 is 0 Å². The van der Waals surface area contributed by atoms with Crippen molar-refractivity contribution in [1.29, 1.82) is 0 Å². The van der Waals surface area contributed by atoms with Crippen molar-refractivity contribution in [3.8, 4) is 11.4 Å². The topological polar surface area (TPSA) is 62.7 Å². The van der Waals surface area contributed by atoms with Crippen LogP contribution in [0.4, 0.5) is 0 Å². The summed E-state index contributed by atoms with van der Waals surface area (Å²) >= 11 is 10.9. The molecule has 2 N–H and O–H groups in total. The molecule has 18 heavy (non-hydrogen) atoms. The molecule has 2 rings (SSSR count). The average molecular weight is 283 g/mol. The maximum atomic E-state index is 11.4. The summed E-state index contributed by atoms with van der Waals surface area (Å²) in [5.74, 6) is 0.475. The predicted octanol–water partition coefficient (Wildman–Crippen LogP) is 2.01. The minimum Gasteiger partial charge on any atom is -0.358 e. The summed E-state index contributed by atoms with van der Waals surface area (Å²) in [7, 11) is 1.58. The Balaban J connectivity index is 2.42. The lowest BCUT2D eigenvalue weighted by Gasteiger charge is -2.05. The molecule has 0 saturated heterocycles. The van der Waals surface area contributed by atoms with Crippen molar-refractivity contribution in [2.75, 3.05) is 7.05 Å². The minimum absolute atomic E-state index is 0.129. The summed E-state index contributed by atoms with van der Waals surface area (Å²) in [6, 6.07) is 7.18. The van der Waals surface area contributed by atoms with E-state index in [1.165, 1.54) is 0 Å². The number of hydrogen-bond acceptors (Lipinski definition) is 3. The van der Waals surface area contributed by atoms with Gasteiger partial charge in [-0.05, 0) is 36.5 Å². The number of hydrogen-bond donors (Lipinski definition) is 2. The van der Waals surface area contributed by atoms with Crippen LogP contribution in [0.1, 0.15) is 0 Å². The Labute approximate surface area is 114 Å². The third kappa shape index (κ3) is 2.60. The van der Waals surface area contributed by atoms with Crippen LogP contribution in [0.15, 0.2) is 24.3 Å². The van der Waals surface area contributed by atoms with E-state index in [0.717, 1.165) is 5.56 Å². The van der Waals surface area contributed by atoms with Crippen LogP contribution in [-0.4, -0.2) is 27.7 Å². The van der Waals surface area contributed by atoms with E-state index >= 15 is 0 Å². The Morgan fingerprint density at radius 3 is 2.78 bits per heavy atom. The van der Waals surface area contributed by atoms with Gasteiger partial charge in [-0.15, -0.1) is 0 Å². The second-order valence-electron chi connectivity index (χ2n) is 3.62.